The van der Waals surface area contributed by atoms with Gasteiger partial charge in [0.25, 0.3) is 0 Å². The van der Waals surface area contributed by atoms with Gasteiger partial charge in [-0.05, 0) is 125 Å². The number of dihydropyridines is 1. The Morgan fingerprint density at radius 3 is 1.67 bits per heavy atom. The molecular formula is C50H33NS. The summed E-state index contributed by atoms with van der Waals surface area (Å²) in [7, 11) is 0. The molecule has 0 radical (unpaired) electrons. The van der Waals surface area contributed by atoms with Crippen molar-refractivity contribution in [3.8, 4) is 11.1 Å². The van der Waals surface area contributed by atoms with E-state index in [1.54, 1.807) is 0 Å². The predicted molar refractivity (Wildman–Crippen MR) is 227 cm³/mol. The Balaban J connectivity index is 0.973. The summed E-state index contributed by atoms with van der Waals surface area (Å²) < 4.78 is 2.68. The number of rotatable bonds is 4. The number of nitrogens with one attached hydrogen (secondary N) is 1. The second-order valence-corrected chi connectivity index (χ2v) is 15.2. The van der Waals surface area contributed by atoms with Crippen molar-refractivity contribution in [1.29, 1.82) is 0 Å². The second kappa shape index (κ2) is 11.7. The molecule has 1 N–H and O–H groups in total. The van der Waals surface area contributed by atoms with Crippen LogP contribution in [0.15, 0.2) is 175 Å². The average molecular weight is 680 g/mol. The lowest BCUT2D eigenvalue weighted by atomic mass is 9.90. The largest absolute Gasteiger partial charge is 0.381 e. The number of hydrogen-bond donors (Lipinski definition) is 1. The Morgan fingerprint density at radius 2 is 0.942 bits per heavy atom. The monoisotopic (exact) mass is 679 g/mol. The van der Waals surface area contributed by atoms with Gasteiger partial charge in [-0.3, -0.25) is 0 Å². The number of benzene rings is 9. The van der Waals surface area contributed by atoms with Gasteiger partial charge in [-0.15, -0.1) is 11.3 Å². The average Bonchev–Trinajstić information content (AvgIpc) is 3.59. The van der Waals surface area contributed by atoms with Crippen molar-refractivity contribution in [2.45, 2.75) is 6.42 Å². The molecule has 0 atom stereocenters. The molecule has 1 aromatic heterocycles. The van der Waals surface area contributed by atoms with Crippen LogP contribution in [-0.4, -0.2) is 6.54 Å². The van der Waals surface area contributed by atoms with Gasteiger partial charge in [0, 0.05) is 32.4 Å². The van der Waals surface area contributed by atoms with Crippen LogP contribution in [0.3, 0.4) is 0 Å². The van der Waals surface area contributed by atoms with Crippen molar-refractivity contribution >= 4 is 91.1 Å². The van der Waals surface area contributed by atoms with Gasteiger partial charge in [0.1, 0.15) is 0 Å². The fraction of sp³-hybridized carbons (Fsp3) is 0.0400. The van der Waals surface area contributed by atoms with Crippen LogP contribution in [0, 0.1) is 0 Å². The first kappa shape index (κ1) is 29.5. The van der Waals surface area contributed by atoms with Crippen LogP contribution in [0.4, 0.5) is 0 Å². The van der Waals surface area contributed by atoms with Crippen LogP contribution >= 0.6 is 11.3 Å². The van der Waals surface area contributed by atoms with Crippen LogP contribution in [0.5, 0.6) is 0 Å². The zero-order chi connectivity index (χ0) is 34.2. The van der Waals surface area contributed by atoms with Gasteiger partial charge in [0.2, 0.25) is 0 Å². The first-order valence-electron chi connectivity index (χ1n) is 18.1. The van der Waals surface area contributed by atoms with Crippen molar-refractivity contribution in [2.24, 2.45) is 0 Å². The molecule has 0 aliphatic carbocycles. The lowest BCUT2D eigenvalue weighted by Crippen LogP contribution is -2.19. The fourth-order valence-corrected chi connectivity index (χ4v) is 9.67. The highest BCUT2D eigenvalue weighted by molar-refractivity contribution is 7.25. The molecule has 0 unspecified atom stereocenters. The summed E-state index contributed by atoms with van der Waals surface area (Å²) in [4.78, 5) is 0. The van der Waals surface area contributed by atoms with E-state index in [2.05, 4.69) is 175 Å². The molecule has 9 aromatic carbocycles. The summed E-state index contributed by atoms with van der Waals surface area (Å²) in [5.41, 5.74) is 7.67. The third kappa shape index (κ3) is 4.68. The van der Waals surface area contributed by atoms with Gasteiger partial charge >= 0.3 is 0 Å². The third-order valence-electron chi connectivity index (χ3n) is 11.1. The van der Waals surface area contributed by atoms with Gasteiger partial charge in [-0.25, -0.2) is 0 Å². The molecule has 244 valence electrons. The quantitative estimate of drug-likeness (QED) is 0.183. The summed E-state index contributed by atoms with van der Waals surface area (Å²) in [5.74, 6) is 0. The Hall–Kier alpha value is -6.22. The number of hydrogen-bond acceptors (Lipinski definition) is 2. The molecular weight excluding hydrogens is 647 g/mol. The third-order valence-corrected chi connectivity index (χ3v) is 12.3. The zero-order valence-electron chi connectivity index (χ0n) is 28.5. The number of thiophene rings is 1. The molecule has 11 rings (SSSR count). The minimum Gasteiger partial charge on any atom is -0.381 e. The van der Waals surface area contributed by atoms with Crippen LogP contribution in [-0.2, 0) is 6.42 Å². The van der Waals surface area contributed by atoms with Gasteiger partial charge in [-0.2, -0.15) is 0 Å². The minimum absolute atomic E-state index is 0.833. The molecule has 1 nitrogen and oxygen atoms in total. The van der Waals surface area contributed by atoms with Gasteiger partial charge in [0.15, 0.2) is 0 Å². The molecule has 0 bridgehead atoms. The van der Waals surface area contributed by atoms with E-state index in [1.165, 1.54) is 108 Å². The second-order valence-electron chi connectivity index (χ2n) is 14.1. The van der Waals surface area contributed by atoms with E-state index in [4.69, 9.17) is 0 Å². The van der Waals surface area contributed by atoms with E-state index in [9.17, 15) is 0 Å². The van der Waals surface area contributed by atoms with Crippen molar-refractivity contribution in [2.75, 3.05) is 6.54 Å². The normalized spacial score (nSPS) is 13.4. The summed E-state index contributed by atoms with van der Waals surface area (Å²) in [6.45, 7) is 0.833. The maximum absolute atomic E-state index is 3.78. The summed E-state index contributed by atoms with van der Waals surface area (Å²) in [5, 5.41) is 19.5. The topological polar surface area (TPSA) is 12.0 Å². The van der Waals surface area contributed by atoms with Gasteiger partial charge in [-0.1, -0.05) is 133 Å². The molecule has 0 fully saturated rings. The highest BCUT2D eigenvalue weighted by atomic mass is 32.1. The van der Waals surface area contributed by atoms with E-state index >= 15 is 0 Å². The first-order chi connectivity index (χ1) is 25.7. The maximum atomic E-state index is 3.78. The molecule has 0 saturated carbocycles. The summed E-state index contributed by atoms with van der Waals surface area (Å²) in [6, 6.07) is 58.6. The highest BCUT2D eigenvalue weighted by Crippen LogP contribution is 2.40. The van der Waals surface area contributed by atoms with Crippen LogP contribution in [0.25, 0.3) is 90.9 Å². The molecule has 52 heavy (non-hydrogen) atoms. The van der Waals surface area contributed by atoms with Crippen molar-refractivity contribution in [1.82, 2.24) is 5.32 Å². The van der Waals surface area contributed by atoms with Crippen molar-refractivity contribution in [3.63, 3.8) is 0 Å². The lowest BCUT2D eigenvalue weighted by Gasteiger charge is -2.20. The van der Waals surface area contributed by atoms with E-state index < -0.39 is 0 Å². The standard InChI is InChI=1S/C50H33NS/c1-2-10-37-34(9-1)26-36(38-11-3-4-12-39(37)38)25-31-17-23-48(51-30-31)35-19-22-43-42-21-18-32(27-45(42)40-13-5-6-14-41(40)46(43)29-35)33-20-24-50-47(28-33)44-15-7-8-16-49(44)52-50/h1-24,26-29,51H,25,30H2. The molecule has 0 spiro atoms. The van der Waals surface area contributed by atoms with E-state index in [1.807, 2.05) is 11.3 Å². The minimum atomic E-state index is 0.833. The fourth-order valence-electron chi connectivity index (χ4n) is 8.58. The smallest absolute Gasteiger partial charge is 0.0416 e. The Labute approximate surface area is 305 Å². The summed E-state index contributed by atoms with van der Waals surface area (Å²) in [6.07, 6.45) is 5.53. The molecule has 1 aliphatic rings. The summed E-state index contributed by atoms with van der Waals surface area (Å²) >= 11 is 1.87. The van der Waals surface area contributed by atoms with Gasteiger partial charge < -0.3 is 5.32 Å². The van der Waals surface area contributed by atoms with Crippen LogP contribution in [0.1, 0.15) is 11.1 Å². The number of allylic oxidation sites excluding steroid dienone is 2. The molecule has 1 aliphatic heterocycles. The molecule has 2 heteroatoms. The van der Waals surface area contributed by atoms with Crippen LogP contribution < -0.4 is 5.32 Å². The molecule has 0 amide bonds. The lowest BCUT2D eigenvalue weighted by molar-refractivity contribution is 0.906. The Kier molecular flexibility index (Phi) is 6.62. The number of fused-ring (bicyclic) bond motifs is 12. The Bertz CT molecular complexity index is 3140. The van der Waals surface area contributed by atoms with E-state index in [0.29, 0.717) is 0 Å². The highest BCUT2D eigenvalue weighted by Gasteiger charge is 2.15. The molecule has 10 aromatic rings. The molecule has 0 saturated heterocycles. The van der Waals surface area contributed by atoms with E-state index in [-0.39, 0.29) is 0 Å². The van der Waals surface area contributed by atoms with Crippen LogP contribution in [0.2, 0.25) is 0 Å². The first-order valence-corrected chi connectivity index (χ1v) is 18.9. The molecule has 2 heterocycles. The van der Waals surface area contributed by atoms with E-state index in [0.717, 1.165) is 13.0 Å². The zero-order valence-corrected chi connectivity index (χ0v) is 29.3. The predicted octanol–water partition coefficient (Wildman–Crippen LogP) is 13.6. The van der Waals surface area contributed by atoms with Crippen molar-refractivity contribution < 1.29 is 0 Å². The maximum Gasteiger partial charge on any atom is 0.0416 e. The SMILES string of the molecule is C1=C(Cc2cc3ccccc3c3ccccc23)CNC(c2ccc3c4ccc(-c5ccc6sc7ccccc7c6c5)cc4c4ccccc4c3c2)=C1. The van der Waals surface area contributed by atoms with Crippen molar-refractivity contribution in [3.05, 3.63) is 187 Å². The van der Waals surface area contributed by atoms with Gasteiger partial charge in [0.05, 0.1) is 0 Å². The Morgan fingerprint density at radius 1 is 0.404 bits per heavy atom.